The quantitative estimate of drug-likeness (QED) is 0.879. The number of hydrogen-bond acceptors (Lipinski definition) is 2. The van der Waals surface area contributed by atoms with Gasteiger partial charge in [-0.1, -0.05) is 6.07 Å². The molecule has 0 atom stereocenters. The third-order valence-electron chi connectivity index (χ3n) is 2.99. The predicted octanol–water partition coefficient (Wildman–Crippen LogP) is 1.70. The summed E-state index contributed by atoms with van der Waals surface area (Å²) in [5.41, 5.74) is 3.77. The average molecular weight is 244 g/mol. The molecular formula is C11H11F3N2O. The van der Waals surface area contributed by atoms with Crippen molar-refractivity contribution in [3.63, 3.8) is 0 Å². The number of aromatic nitrogens is 1. The van der Waals surface area contributed by atoms with E-state index < -0.39 is 17.5 Å². The van der Waals surface area contributed by atoms with Crippen molar-refractivity contribution in [2.75, 3.05) is 0 Å². The number of rotatable bonds is 3. The van der Waals surface area contributed by atoms with E-state index in [1.54, 1.807) is 0 Å². The van der Waals surface area contributed by atoms with Gasteiger partial charge < -0.3 is 5.73 Å². The number of carbonyl (C=O) groups excluding carboxylic acids is 1. The molecule has 1 heterocycles. The molecule has 2 rings (SSSR count). The maximum atomic E-state index is 12.8. The van der Waals surface area contributed by atoms with E-state index in [1.807, 2.05) is 0 Å². The first-order chi connectivity index (χ1) is 7.85. The monoisotopic (exact) mass is 244 g/mol. The molecule has 0 aromatic carbocycles. The number of halogens is 3. The van der Waals surface area contributed by atoms with Crippen molar-refractivity contribution < 1.29 is 18.0 Å². The van der Waals surface area contributed by atoms with Crippen LogP contribution in [0.15, 0.2) is 18.3 Å². The molecule has 1 saturated carbocycles. The fourth-order valence-electron chi connectivity index (χ4n) is 1.82. The van der Waals surface area contributed by atoms with Crippen LogP contribution in [0, 0.1) is 0 Å². The first-order valence-electron chi connectivity index (χ1n) is 5.16. The molecule has 1 aliphatic carbocycles. The lowest BCUT2D eigenvalue weighted by Crippen LogP contribution is -2.29. The number of alkyl halides is 3. The van der Waals surface area contributed by atoms with Crippen LogP contribution in [0.2, 0.25) is 0 Å². The van der Waals surface area contributed by atoms with E-state index in [0.717, 1.165) is 0 Å². The summed E-state index contributed by atoms with van der Waals surface area (Å²) < 4.78 is 38.3. The minimum absolute atomic E-state index is 0.00764. The number of carbonyl (C=O) groups is 1. The fourth-order valence-corrected chi connectivity index (χ4v) is 1.82. The van der Waals surface area contributed by atoms with Gasteiger partial charge in [0.25, 0.3) is 0 Å². The minimum atomic E-state index is -4.26. The number of amides is 1. The molecule has 1 aliphatic rings. The lowest BCUT2D eigenvalue weighted by atomic mass is 10.0. The molecule has 6 heteroatoms. The Labute approximate surface area is 95.8 Å². The van der Waals surface area contributed by atoms with Gasteiger partial charge in [-0.05, 0) is 24.5 Å². The second-order valence-corrected chi connectivity index (χ2v) is 4.27. The van der Waals surface area contributed by atoms with E-state index in [9.17, 15) is 18.0 Å². The summed E-state index contributed by atoms with van der Waals surface area (Å²) in [5.74, 6) is -0.531. The Bertz CT molecular complexity index is 435. The summed E-state index contributed by atoms with van der Waals surface area (Å²) >= 11 is 0. The predicted molar refractivity (Wildman–Crippen MR) is 54.1 cm³/mol. The molecule has 92 valence electrons. The molecule has 3 nitrogen and oxygen atoms in total. The van der Waals surface area contributed by atoms with Gasteiger partial charge in [0.1, 0.15) is 5.41 Å². The number of primary amides is 1. The second kappa shape index (κ2) is 3.72. The molecular weight excluding hydrogens is 233 g/mol. The Hall–Kier alpha value is -1.59. The molecule has 0 saturated heterocycles. The van der Waals surface area contributed by atoms with Crippen LogP contribution in [-0.4, -0.2) is 17.1 Å². The van der Waals surface area contributed by atoms with Gasteiger partial charge >= 0.3 is 6.18 Å². The summed E-state index contributed by atoms with van der Waals surface area (Å²) in [5, 5.41) is 0. The largest absolute Gasteiger partial charge is 0.399 e. The van der Waals surface area contributed by atoms with Gasteiger partial charge in [-0.3, -0.25) is 9.78 Å². The van der Waals surface area contributed by atoms with Gasteiger partial charge in [0.05, 0.1) is 12.1 Å². The minimum Gasteiger partial charge on any atom is -0.369 e. The van der Waals surface area contributed by atoms with Crippen LogP contribution in [0.5, 0.6) is 0 Å². The Morgan fingerprint density at radius 1 is 1.41 bits per heavy atom. The van der Waals surface area contributed by atoms with Crippen molar-refractivity contribution in [2.45, 2.75) is 30.9 Å². The first kappa shape index (κ1) is 11.9. The maximum Gasteiger partial charge on any atom is 0.399 e. The van der Waals surface area contributed by atoms with Crippen molar-refractivity contribution in [3.05, 3.63) is 29.6 Å². The zero-order valence-electron chi connectivity index (χ0n) is 8.92. The molecule has 2 N–H and O–H groups in total. The number of nitrogens with two attached hydrogens (primary N) is 1. The molecule has 0 radical (unpaired) electrons. The third kappa shape index (κ3) is 2.11. The molecule has 0 aliphatic heterocycles. The highest BCUT2D eigenvalue weighted by molar-refractivity contribution is 5.76. The van der Waals surface area contributed by atoms with Crippen LogP contribution in [0.25, 0.3) is 0 Å². The van der Waals surface area contributed by atoms with Gasteiger partial charge in [-0.15, -0.1) is 0 Å². The third-order valence-corrected chi connectivity index (χ3v) is 2.99. The molecule has 1 amide bonds. The van der Waals surface area contributed by atoms with Crippen molar-refractivity contribution in [3.8, 4) is 0 Å². The zero-order valence-corrected chi connectivity index (χ0v) is 8.92. The highest BCUT2D eigenvalue weighted by Crippen LogP contribution is 2.58. The molecule has 1 aromatic heterocycles. The molecule has 1 aromatic rings. The van der Waals surface area contributed by atoms with Crippen molar-refractivity contribution >= 4 is 5.91 Å². The average Bonchev–Trinajstić information content (AvgIpc) is 2.97. The van der Waals surface area contributed by atoms with E-state index >= 15 is 0 Å². The van der Waals surface area contributed by atoms with E-state index in [2.05, 4.69) is 4.98 Å². The smallest absolute Gasteiger partial charge is 0.369 e. The maximum absolute atomic E-state index is 12.8. The van der Waals surface area contributed by atoms with E-state index in [-0.39, 0.29) is 25.0 Å². The van der Waals surface area contributed by atoms with E-state index in [1.165, 1.54) is 18.3 Å². The Balaban J connectivity index is 2.22. The fraction of sp³-hybridized carbons (Fsp3) is 0.455. The van der Waals surface area contributed by atoms with Crippen molar-refractivity contribution in [1.82, 2.24) is 4.98 Å². The van der Waals surface area contributed by atoms with Gasteiger partial charge in [-0.2, -0.15) is 13.2 Å². The molecule has 17 heavy (non-hydrogen) atoms. The lowest BCUT2D eigenvalue weighted by Gasteiger charge is -2.18. The second-order valence-electron chi connectivity index (χ2n) is 4.27. The molecule has 0 bridgehead atoms. The van der Waals surface area contributed by atoms with Gasteiger partial charge in [0, 0.05) is 6.20 Å². The van der Waals surface area contributed by atoms with E-state index in [4.69, 9.17) is 5.73 Å². The van der Waals surface area contributed by atoms with Crippen LogP contribution in [-0.2, 0) is 16.6 Å². The van der Waals surface area contributed by atoms with Gasteiger partial charge in [0.15, 0.2) is 0 Å². The SMILES string of the molecule is NC(=O)Cc1ccc(C2(C(F)(F)F)CC2)nc1. The van der Waals surface area contributed by atoms with Crippen molar-refractivity contribution in [2.24, 2.45) is 5.73 Å². The summed E-state index contributed by atoms with van der Waals surface area (Å²) in [6.07, 6.45) is -2.82. The number of pyridine rings is 1. The van der Waals surface area contributed by atoms with E-state index in [0.29, 0.717) is 5.56 Å². The summed E-state index contributed by atoms with van der Waals surface area (Å²) in [7, 11) is 0. The van der Waals surface area contributed by atoms with Gasteiger partial charge in [0.2, 0.25) is 5.91 Å². The molecule has 0 unspecified atom stereocenters. The summed E-state index contributed by atoms with van der Waals surface area (Å²) in [6.45, 7) is 0. The Kier molecular flexibility index (Phi) is 2.60. The Morgan fingerprint density at radius 2 is 2.06 bits per heavy atom. The number of nitrogens with zero attached hydrogens (tertiary/aromatic N) is 1. The van der Waals surface area contributed by atoms with Crippen molar-refractivity contribution in [1.29, 1.82) is 0 Å². The molecule has 1 fully saturated rings. The van der Waals surface area contributed by atoms with Gasteiger partial charge in [-0.25, -0.2) is 0 Å². The molecule has 0 spiro atoms. The normalized spacial score (nSPS) is 17.8. The topological polar surface area (TPSA) is 56.0 Å². The number of hydrogen-bond donors (Lipinski definition) is 1. The van der Waals surface area contributed by atoms with Crippen LogP contribution in [0.3, 0.4) is 0 Å². The zero-order chi connectivity index (χ0) is 12.7. The summed E-state index contributed by atoms with van der Waals surface area (Å²) in [6, 6.07) is 2.80. The first-order valence-corrected chi connectivity index (χ1v) is 5.16. The summed E-state index contributed by atoms with van der Waals surface area (Å²) in [4.78, 5) is 14.4. The van der Waals surface area contributed by atoms with Crippen LogP contribution in [0.1, 0.15) is 24.1 Å². The van der Waals surface area contributed by atoms with Crippen LogP contribution < -0.4 is 5.73 Å². The van der Waals surface area contributed by atoms with Crippen LogP contribution >= 0.6 is 0 Å². The van der Waals surface area contributed by atoms with Crippen LogP contribution in [0.4, 0.5) is 13.2 Å². The highest BCUT2D eigenvalue weighted by atomic mass is 19.4. The standard InChI is InChI=1S/C11H11F3N2O/c12-11(13,14)10(3-4-10)8-2-1-7(6-16-8)5-9(15)17/h1-2,6H,3-5H2,(H2,15,17). The highest BCUT2D eigenvalue weighted by Gasteiger charge is 2.65. The Morgan fingerprint density at radius 3 is 2.41 bits per heavy atom. The lowest BCUT2D eigenvalue weighted by molar-refractivity contribution is -0.161.